The second-order valence-electron chi connectivity index (χ2n) is 5.54. The summed E-state index contributed by atoms with van der Waals surface area (Å²) in [6.45, 7) is 4.02. The van der Waals surface area contributed by atoms with Crippen LogP contribution in [0.2, 0.25) is 5.02 Å². The van der Waals surface area contributed by atoms with E-state index < -0.39 is 0 Å². The summed E-state index contributed by atoms with van der Waals surface area (Å²) in [5.74, 6) is -0.153. The number of nitrogens with zero attached hydrogens (tertiary/aromatic N) is 2. The number of carbonyl (C=O) groups excluding carboxylic acids is 1. The Morgan fingerprint density at radius 2 is 2.12 bits per heavy atom. The van der Waals surface area contributed by atoms with Crippen molar-refractivity contribution in [2.24, 2.45) is 0 Å². The first-order chi connectivity index (χ1) is 11.6. The van der Waals surface area contributed by atoms with Gasteiger partial charge in [0.2, 0.25) is 0 Å². The Hall–Kier alpha value is -2.11. The molecule has 0 aliphatic rings. The van der Waals surface area contributed by atoms with Crippen LogP contribution in [0, 0.1) is 0 Å². The minimum atomic E-state index is -0.153. The fraction of sp³-hybridized carbons (Fsp3) is 0.222. The standard InChI is InChI=1S/C18H18ClN3OS/c1-3-12(2)20-18(23)16-11-14(17-9-6-10-24-17)21-22(16)15-8-5-4-7-13(15)19/h4-12H,3H2,1-2H3,(H,20,23)/t12-/m0/s1. The molecule has 1 amide bonds. The number of hydrogen-bond donors (Lipinski definition) is 1. The van der Waals surface area contributed by atoms with E-state index in [9.17, 15) is 4.79 Å². The third kappa shape index (κ3) is 3.37. The highest BCUT2D eigenvalue weighted by molar-refractivity contribution is 7.13. The Morgan fingerprint density at radius 3 is 2.79 bits per heavy atom. The molecule has 0 radical (unpaired) electrons. The fourth-order valence-electron chi connectivity index (χ4n) is 2.29. The maximum atomic E-state index is 12.7. The highest BCUT2D eigenvalue weighted by Gasteiger charge is 2.20. The minimum absolute atomic E-state index is 0.0947. The SMILES string of the molecule is CC[C@H](C)NC(=O)c1cc(-c2cccs2)nn1-c1ccccc1Cl. The normalized spacial score (nSPS) is 12.1. The Kier molecular flexibility index (Phi) is 5.02. The molecule has 1 aromatic carbocycles. The zero-order valence-electron chi connectivity index (χ0n) is 13.5. The van der Waals surface area contributed by atoms with Gasteiger partial charge in [-0.3, -0.25) is 4.79 Å². The lowest BCUT2D eigenvalue weighted by Crippen LogP contribution is -2.33. The van der Waals surface area contributed by atoms with Crippen LogP contribution in [0.25, 0.3) is 16.3 Å². The zero-order valence-corrected chi connectivity index (χ0v) is 15.1. The largest absolute Gasteiger partial charge is 0.348 e. The molecule has 1 N–H and O–H groups in total. The van der Waals surface area contributed by atoms with Gasteiger partial charge in [0, 0.05) is 6.04 Å². The number of halogens is 1. The van der Waals surface area contributed by atoms with E-state index in [1.54, 1.807) is 22.1 Å². The number of carbonyl (C=O) groups is 1. The Bertz CT molecular complexity index is 842. The van der Waals surface area contributed by atoms with Crippen LogP contribution in [0.1, 0.15) is 30.8 Å². The molecule has 0 fully saturated rings. The van der Waals surface area contributed by atoms with Crippen molar-refractivity contribution in [1.82, 2.24) is 15.1 Å². The van der Waals surface area contributed by atoms with Gasteiger partial charge in [-0.15, -0.1) is 11.3 Å². The lowest BCUT2D eigenvalue weighted by atomic mass is 10.2. The van der Waals surface area contributed by atoms with E-state index in [-0.39, 0.29) is 11.9 Å². The average Bonchev–Trinajstić information content (AvgIpc) is 3.24. The summed E-state index contributed by atoms with van der Waals surface area (Å²) >= 11 is 7.90. The van der Waals surface area contributed by atoms with Gasteiger partial charge in [0.1, 0.15) is 11.4 Å². The molecule has 6 heteroatoms. The summed E-state index contributed by atoms with van der Waals surface area (Å²) in [5, 5.41) is 10.2. The van der Waals surface area contributed by atoms with Crippen molar-refractivity contribution in [3.05, 3.63) is 58.6 Å². The zero-order chi connectivity index (χ0) is 17.1. The van der Waals surface area contributed by atoms with Crippen molar-refractivity contribution in [3.63, 3.8) is 0 Å². The molecule has 2 heterocycles. The fourth-order valence-corrected chi connectivity index (χ4v) is 3.19. The Morgan fingerprint density at radius 1 is 1.33 bits per heavy atom. The van der Waals surface area contributed by atoms with Crippen LogP contribution in [0.4, 0.5) is 0 Å². The van der Waals surface area contributed by atoms with E-state index in [1.165, 1.54) is 0 Å². The summed E-state index contributed by atoms with van der Waals surface area (Å²) in [6.07, 6.45) is 0.865. The number of nitrogens with one attached hydrogen (secondary N) is 1. The number of amides is 1. The topological polar surface area (TPSA) is 46.9 Å². The first-order valence-corrected chi connectivity index (χ1v) is 9.05. The van der Waals surface area contributed by atoms with E-state index in [2.05, 4.69) is 10.4 Å². The molecule has 0 unspecified atom stereocenters. The van der Waals surface area contributed by atoms with Gasteiger partial charge in [0.15, 0.2) is 0 Å². The maximum absolute atomic E-state index is 12.7. The molecule has 0 saturated carbocycles. The van der Waals surface area contributed by atoms with Crippen LogP contribution >= 0.6 is 22.9 Å². The summed E-state index contributed by atoms with van der Waals surface area (Å²) < 4.78 is 1.62. The monoisotopic (exact) mass is 359 g/mol. The molecule has 3 aromatic rings. The van der Waals surface area contributed by atoms with Crippen molar-refractivity contribution in [2.75, 3.05) is 0 Å². The number of benzene rings is 1. The molecular weight excluding hydrogens is 342 g/mol. The van der Waals surface area contributed by atoms with Gasteiger partial charge in [-0.2, -0.15) is 5.10 Å². The smallest absolute Gasteiger partial charge is 0.270 e. The highest BCUT2D eigenvalue weighted by atomic mass is 35.5. The third-order valence-corrected chi connectivity index (χ3v) is 5.00. The molecule has 0 aliphatic heterocycles. The number of thiophene rings is 1. The van der Waals surface area contributed by atoms with Crippen LogP contribution < -0.4 is 5.32 Å². The summed E-state index contributed by atoms with van der Waals surface area (Å²) in [4.78, 5) is 13.7. The van der Waals surface area contributed by atoms with Gasteiger partial charge in [-0.25, -0.2) is 4.68 Å². The van der Waals surface area contributed by atoms with Crippen LogP contribution in [0.15, 0.2) is 47.8 Å². The van der Waals surface area contributed by atoms with Gasteiger partial charge in [-0.1, -0.05) is 36.7 Å². The van der Waals surface area contributed by atoms with E-state index in [0.717, 1.165) is 17.0 Å². The molecule has 0 aliphatic carbocycles. The van der Waals surface area contributed by atoms with E-state index in [4.69, 9.17) is 11.6 Å². The maximum Gasteiger partial charge on any atom is 0.270 e. The molecule has 0 saturated heterocycles. The lowest BCUT2D eigenvalue weighted by molar-refractivity contribution is 0.0931. The Labute approximate surface area is 150 Å². The van der Waals surface area contributed by atoms with Crippen molar-refractivity contribution in [1.29, 1.82) is 0 Å². The lowest BCUT2D eigenvalue weighted by Gasteiger charge is -2.13. The summed E-state index contributed by atoms with van der Waals surface area (Å²) in [5.41, 5.74) is 1.93. The van der Waals surface area contributed by atoms with Crippen molar-refractivity contribution >= 4 is 28.8 Å². The number of para-hydroxylation sites is 1. The summed E-state index contributed by atoms with van der Waals surface area (Å²) in [7, 11) is 0. The predicted molar refractivity (Wildman–Crippen MR) is 99.1 cm³/mol. The van der Waals surface area contributed by atoms with E-state index in [1.807, 2.05) is 55.6 Å². The van der Waals surface area contributed by atoms with Gasteiger partial charge in [-0.05, 0) is 43.0 Å². The van der Waals surface area contributed by atoms with Crippen LogP contribution in [-0.2, 0) is 0 Å². The minimum Gasteiger partial charge on any atom is -0.348 e. The first kappa shape index (κ1) is 16.7. The van der Waals surface area contributed by atoms with Crippen molar-refractivity contribution in [3.8, 4) is 16.3 Å². The molecule has 24 heavy (non-hydrogen) atoms. The molecule has 124 valence electrons. The van der Waals surface area contributed by atoms with Crippen LogP contribution in [-0.4, -0.2) is 21.7 Å². The Balaban J connectivity index is 2.09. The van der Waals surface area contributed by atoms with Gasteiger partial charge >= 0.3 is 0 Å². The predicted octanol–water partition coefficient (Wildman–Crippen LogP) is 4.78. The summed E-state index contributed by atoms with van der Waals surface area (Å²) in [6, 6.07) is 13.2. The molecule has 4 nitrogen and oxygen atoms in total. The number of aromatic nitrogens is 2. The highest BCUT2D eigenvalue weighted by Crippen LogP contribution is 2.28. The molecule has 2 aromatic heterocycles. The van der Waals surface area contributed by atoms with Gasteiger partial charge in [0.25, 0.3) is 5.91 Å². The van der Waals surface area contributed by atoms with Gasteiger partial charge < -0.3 is 5.32 Å². The second kappa shape index (κ2) is 7.20. The van der Waals surface area contributed by atoms with Crippen molar-refractivity contribution < 1.29 is 4.79 Å². The first-order valence-electron chi connectivity index (χ1n) is 7.80. The quantitative estimate of drug-likeness (QED) is 0.712. The average molecular weight is 360 g/mol. The molecule has 3 rings (SSSR count). The van der Waals surface area contributed by atoms with E-state index >= 15 is 0 Å². The number of rotatable bonds is 5. The second-order valence-corrected chi connectivity index (χ2v) is 6.89. The van der Waals surface area contributed by atoms with Gasteiger partial charge in [0.05, 0.1) is 15.6 Å². The van der Waals surface area contributed by atoms with Crippen LogP contribution in [0.3, 0.4) is 0 Å². The van der Waals surface area contributed by atoms with Crippen molar-refractivity contribution in [2.45, 2.75) is 26.3 Å². The van der Waals surface area contributed by atoms with Crippen LogP contribution in [0.5, 0.6) is 0 Å². The molecule has 0 bridgehead atoms. The molecule has 0 spiro atoms. The van der Waals surface area contributed by atoms with E-state index in [0.29, 0.717) is 16.4 Å². The number of hydrogen-bond acceptors (Lipinski definition) is 3. The molecule has 1 atom stereocenters. The third-order valence-electron chi connectivity index (χ3n) is 3.79. The molecular formula is C18H18ClN3OS.